The Kier molecular flexibility index (Phi) is 3.78. The molecule has 102 valence electrons. The molecule has 0 aliphatic carbocycles. The fraction of sp³-hybridized carbons (Fsp3) is 0.133. The van der Waals surface area contributed by atoms with Crippen LogP contribution in [0.1, 0.15) is 17.4 Å². The van der Waals surface area contributed by atoms with Crippen molar-refractivity contribution >= 4 is 38.5 Å². The number of aromatic nitrogens is 1. The van der Waals surface area contributed by atoms with Crippen LogP contribution in [0.3, 0.4) is 0 Å². The number of hydrogen-bond donors (Lipinski definition) is 1. The highest BCUT2D eigenvalue weighted by Gasteiger charge is 2.17. The van der Waals surface area contributed by atoms with Gasteiger partial charge in [-0.3, -0.25) is 4.98 Å². The zero-order valence-electron chi connectivity index (χ0n) is 10.7. The lowest BCUT2D eigenvalue weighted by Gasteiger charge is -2.13. The van der Waals surface area contributed by atoms with Gasteiger partial charge < -0.3 is 9.73 Å². The van der Waals surface area contributed by atoms with Crippen LogP contribution < -0.4 is 5.32 Å². The average Bonchev–Trinajstić information content (AvgIpc) is 2.82. The zero-order valence-corrected chi connectivity index (χ0v) is 13.1. The summed E-state index contributed by atoms with van der Waals surface area (Å²) in [5.74, 6) is 0.838. The molecule has 20 heavy (non-hydrogen) atoms. The first kappa shape index (κ1) is 13.6. The number of fused-ring (bicyclic) bond motifs is 1. The van der Waals surface area contributed by atoms with Crippen molar-refractivity contribution in [3.8, 4) is 0 Å². The molecule has 3 nitrogen and oxygen atoms in total. The van der Waals surface area contributed by atoms with Crippen molar-refractivity contribution in [1.82, 2.24) is 10.3 Å². The van der Waals surface area contributed by atoms with Gasteiger partial charge in [0.15, 0.2) is 0 Å². The minimum Gasteiger partial charge on any atom is -0.459 e. The summed E-state index contributed by atoms with van der Waals surface area (Å²) in [6, 6.07) is 9.58. The highest BCUT2D eigenvalue weighted by molar-refractivity contribution is 9.10. The Hall–Kier alpha value is -1.36. The molecule has 2 aromatic heterocycles. The highest BCUT2D eigenvalue weighted by Crippen LogP contribution is 2.30. The first-order chi connectivity index (χ1) is 9.67. The van der Waals surface area contributed by atoms with Gasteiger partial charge in [-0.25, -0.2) is 0 Å². The Balaban J connectivity index is 2.07. The number of halogens is 2. The van der Waals surface area contributed by atoms with E-state index in [1.54, 1.807) is 6.20 Å². The van der Waals surface area contributed by atoms with E-state index in [0.717, 1.165) is 26.8 Å². The van der Waals surface area contributed by atoms with Crippen molar-refractivity contribution in [3.63, 3.8) is 0 Å². The minimum atomic E-state index is -0.0498. The number of nitrogens with one attached hydrogen (secondary N) is 1. The van der Waals surface area contributed by atoms with Crippen LogP contribution in [0, 0.1) is 0 Å². The highest BCUT2D eigenvalue weighted by atomic mass is 79.9. The molecule has 0 radical (unpaired) electrons. The third-order valence-electron chi connectivity index (χ3n) is 3.13. The Labute approximate surface area is 130 Å². The third kappa shape index (κ3) is 2.59. The van der Waals surface area contributed by atoms with Crippen molar-refractivity contribution in [3.05, 3.63) is 63.5 Å². The molecule has 1 atom stereocenters. The molecule has 2 heterocycles. The van der Waals surface area contributed by atoms with Gasteiger partial charge in [-0.05, 0) is 58.9 Å². The summed E-state index contributed by atoms with van der Waals surface area (Å²) in [4.78, 5) is 4.20. The molecule has 0 saturated heterocycles. The van der Waals surface area contributed by atoms with Crippen LogP contribution in [0.2, 0.25) is 5.02 Å². The molecule has 0 saturated carbocycles. The summed E-state index contributed by atoms with van der Waals surface area (Å²) in [6.07, 6.45) is 3.58. The molecule has 0 aliphatic heterocycles. The van der Waals surface area contributed by atoms with E-state index in [0.29, 0.717) is 5.02 Å². The average molecular weight is 352 g/mol. The van der Waals surface area contributed by atoms with Gasteiger partial charge in [0.1, 0.15) is 11.3 Å². The molecule has 3 rings (SSSR count). The van der Waals surface area contributed by atoms with Gasteiger partial charge in [-0.15, -0.1) is 0 Å². The molecule has 0 amide bonds. The van der Waals surface area contributed by atoms with Crippen molar-refractivity contribution in [1.29, 1.82) is 0 Å². The van der Waals surface area contributed by atoms with E-state index in [9.17, 15) is 0 Å². The number of rotatable bonds is 3. The predicted molar refractivity (Wildman–Crippen MR) is 84.1 cm³/mol. The smallest absolute Gasteiger partial charge is 0.134 e. The second-order valence-corrected chi connectivity index (χ2v) is 5.84. The Morgan fingerprint density at radius 2 is 2.10 bits per heavy atom. The van der Waals surface area contributed by atoms with Crippen LogP contribution in [0.5, 0.6) is 0 Å². The first-order valence-corrected chi connectivity index (χ1v) is 7.31. The van der Waals surface area contributed by atoms with E-state index < -0.39 is 0 Å². The van der Waals surface area contributed by atoms with Gasteiger partial charge in [0.05, 0.1) is 6.04 Å². The van der Waals surface area contributed by atoms with Crippen molar-refractivity contribution in [2.75, 3.05) is 7.05 Å². The topological polar surface area (TPSA) is 38.1 Å². The van der Waals surface area contributed by atoms with E-state index in [1.165, 1.54) is 0 Å². The maximum atomic E-state index is 6.01. The molecule has 1 unspecified atom stereocenters. The Bertz CT molecular complexity index is 756. The van der Waals surface area contributed by atoms with Crippen molar-refractivity contribution < 1.29 is 4.42 Å². The second-order valence-electron chi connectivity index (χ2n) is 4.49. The van der Waals surface area contributed by atoms with Crippen LogP contribution in [0.25, 0.3) is 11.0 Å². The fourth-order valence-electron chi connectivity index (χ4n) is 2.24. The fourth-order valence-corrected chi connectivity index (χ4v) is 2.80. The molecule has 0 bridgehead atoms. The monoisotopic (exact) mass is 350 g/mol. The van der Waals surface area contributed by atoms with E-state index in [4.69, 9.17) is 16.0 Å². The molecular weight excluding hydrogens is 340 g/mol. The van der Waals surface area contributed by atoms with E-state index in [1.807, 2.05) is 43.6 Å². The number of furan rings is 1. The van der Waals surface area contributed by atoms with Gasteiger partial charge in [-0.2, -0.15) is 0 Å². The van der Waals surface area contributed by atoms with Gasteiger partial charge in [0.25, 0.3) is 0 Å². The number of pyridine rings is 1. The van der Waals surface area contributed by atoms with Gasteiger partial charge in [-0.1, -0.05) is 11.6 Å². The molecule has 1 N–H and O–H groups in total. The summed E-state index contributed by atoms with van der Waals surface area (Å²) in [5, 5.41) is 4.95. The lowest BCUT2D eigenvalue weighted by molar-refractivity contribution is 0.491. The largest absolute Gasteiger partial charge is 0.459 e. The van der Waals surface area contributed by atoms with Crippen molar-refractivity contribution in [2.24, 2.45) is 0 Å². The van der Waals surface area contributed by atoms with Crippen LogP contribution in [0.4, 0.5) is 0 Å². The molecule has 0 spiro atoms. The number of nitrogens with zero attached hydrogens (tertiary/aromatic N) is 1. The zero-order chi connectivity index (χ0) is 14.1. The van der Waals surface area contributed by atoms with Gasteiger partial charge >= 0.3 is 0 Å². The van der Waals surface area contributed by atoms with Crippen LogP contribution in [-0.4, -0.2) is 12.0 Å². The lowest BCUT2D eigenvalue weighted by atomic mass is 10.1. The summed E-state index contributed by atoms with van der Waals surface area (Å²) in [7, 11) is 1.89. The van der Waals surface area contributed by atoms with E-state index in [-0.39, 0.29) is 6.04 Å². The number of benzene rings is 1. The molecule has 0 fully saturated rings. The SMILES string of the molecule is CNC(c1cncc(Br)c1)c1cc2cc(Cl)ccc2o1. The third-order valence-corrected chi connectivity index (χ3v) is 3.80. The molecule has 1 aromatic carbocycles. The van der Waals surface area contributed by atoms with E-state index in [2.05, 4.69) is 26.2 Å². The maximum absolute atomic E-state index is 6.01. The lowest BCUT2D eigenvalue weighted by Crippen LogP contribution is -2.17. The summed E-state index contributed by atoms with van der Waals surface area (Å²) >= 11 is 9.44. The van der Waals surface area contributed by atoms with Gasteiger partial charge in [0, 0.05) is 27.3 Å². The molecule has 5 heteroatoms. The maximum Gasteiger partial charge on any atom is 0.134 e. The summed E-state index contributed by atoms with van der Waals surface area (Å²) in [5.41, 5.74) is 1.86. The standard InChI is InChI=1S/C15H12BrClN2O/c1-18-15(10-4-11(16)8-19-7-10)14-6-9-5-12(17)2-3-13(9)20-14/h2-8,15,18H,1H3. The van der Waals surface area contributed by atoms with Crippen LogP contribution >= 0.6 is 27.5 Å². The van der Waals surface area contributed by atoms with E-state index >= 15 is 0 Å². The molecule has 3 aromatic rings. The predicted octanol–water partition coefficient (Wildman–Crippen LogP) is 4.55. The van der Waals surface area contributed by atoms with Crippen LogP contribution in [0.15, 0.2) is 51.6 Å². The Morgan fingerprint density at radius 1 is 1.25 bits per heavy atom. The number of hydrogen-bond acceptors (Lipinski definition) is 3. The van der Waals surface area contributed by atoms with Crippen molar-refractivity contribution in [2.45, 2.75) is 6.04 Å². The summed E-state index contributed by atoms with van der Waals surface area (Å²) < 4.78 is 6.85. The second kappa shape index (κ2) is 5.56. The normalized spacial score (nSPS) is 12.8. The quantitative estimate of drug-likeness (QED) is 0.752. The molecule has 0 aliphatic rings. The van der Waals surface area contributed by atoms with Crippen LogP contribution in [-0.2, 0) is 0 Å². The first-order valence-electron chi connectivity index (χ1n) is 6.14. The molecular formula is C15H12BrClN2O. The summed E-state index contributed by atoms with van der Waals surface area (Å²) in [6.45, 7) is 0. The Morgan fingerprint density at radius 3 is 2.85 bits per heavy atom. The van der Waals surface area contributed by atoms with Gasteiger partial charge in [0.2, 0.25) is 0 Å². The minimum absolute atomic E-state index is 0.0498.